The summed E-state index contributed by atoms with van der Waals surface area (Å²) < 4.78 is 40.2. The molecule has 0 unspecified atom stereocenters. The summed E-state index contributed by atoms with van der Waals surface area (Å²) >= 11 is 5.48. The number of ether oxygens (including phenoxy) is 1. The van der Waals surface area contributed by atoms with Gasteiger partial charge in [0.1, 0.15) is 22.7 Å². The van der Waals surface area contributed by atoms with Gasteiger partial charge in [0.25, 0.3) is 0 Å². The molecular weight excluding hydrogens is 219 g/mol. The van der Waals surface area contributed by atoms with E-state index in [4.69, 9.17) is 16.9 Å². The van der Waals surface area contributed by atoms with Crippen LogP contribution in [0.4, 0.5) is 13.2 Å². The Labute approximate surface area is 82.5 Å². The third-order valence-corrected chi connectivity index (χ3v) is 1.73. The number of alkyl halides is 2. The fourth-order valence-corrected chi connectivity index (χ4v) is 1.02. The van der Waals surface area contributed by atoms with Gasteiger partial charge in [-0.05, 0) is 6.07 Å². The number of hydrogen-bond donors (Lipinski definition) is 0. The molecule has 0 fully saturated rings. The van der Waals surface area contributed by atoms with E-state index in [1.807, 2.05) is 0 Å². The zero-order chi connectivity index (χ0) is 10.7. The molecule has 0 heterocycles. The lowest BCUT2D eigenvalue weighted by molar-refractivity contribution is -0.0499. The van der Waals surface area contributed by atoms with Gasteiger partial charge in [-0.3, -0.25) is 0 Å². The molecule has 0 aliphatic carbocycles. The Hall–Kier alpha value is -1.41. The van der Waals surface area contributed by atoms with Crippen LogP contribution in [0.2, 0.25) is 5.02 Å². The summed E-state index contributed by atoms with van der Waals surface area (Å²) in [6, 6.07) is 3.08. The molecule has 1 aromatic carbocycles. The summed E-state index contributed by atoms with van der Waals surface area (Å²) in [6.45, 7) is -3.11. The molecule has 0 saturated carbocycles. The maximum Gasteiger partial charge on any atom is 0.387 e. The Morgan fingerprint density at radius 2 is 2.07 bits per heavy atom. The normalized spacial score (nSPS) is 10.0. The predicted octanol–water partition coefficient (Wildman–Crippen LogP) is 2.95. The largest absolute Gasteiger partial charge is 0.433 e. The van der Waals surface area contributed by atoms with Gasteiger partial charge in [0.05, 0.1) is 5.56 Å². The van der Waals surface area contributed by atoms with Crippen molar-refractivity contribution >= 4 is 11.6 Å². The minimum Gasteiger partial charge on any atom is -0.433 e. The average molecular weight is 222 g/mol. The van der Waals surface area contributed by atoms with Crippen molar-refractivity contribution in [2.24, 2.45) is 0 Å². The molecule has 0 aromatic heterocycles. The average Bonchev–Trinajstić information content (AvgIpc) is 2.09. The maximum absolute atomic E-state index is 12.7. The minimum absolute atomic E-state index is 0.248. The van der Waals surface area contributed by atoms with Crippen LogP contribution >= 0.6 is 11.6 Å². The third kappa shape index (κ3) is 2.30. The maximum atomic E-state index is 12.7. The van der Waals surface area contributed by atoms with Crippen LogP contribution in [-0.4, -0.2) is 6.61 Å². The number of benzene rings is 1. The molecule has 0 N–H and O–H groups in total. The molecule has 74 valence electrons. The first-order valence-electron chi connectivity index (χ1n) is 3.38. The van der Waals surface area contributed by atoms with Crippen LogP contribution in [0.15, 0.2) is 12.1 Å². The van der Waals surface area contributed by atoms with Gasteiger partial charge in [0, 0.05) is 6.07 Å². The summed E-state index contributed by atoms with van der Waals surface area (Å²) in [7, 11) is 0. The van der Waals surface area contributed by atoms with Crippen molar-refractivity contribution in [2.75, 3.05) is 0 Å². The van der Waals surface area contributed by atoms with E-state index in [1.165, 1.54) is 0 Å². The lowest BCUT2D eigenvalue weighted by Crippen LogP contribution is -2.03. The van der Waals surface area contributed by atoms with Gasteiger partial charge in [-0.2, -0.15) is 14.0 Å². The summed E-state index contributed by atoms with van der Waals surface area (Å²) in [6.07, 6.45) is 0. The van der Waals surface area contributed by atoms with E-state index < -0.39 is 18.2 Å². The molecule has 1 rings (SSSR count). The molecular formula is C8H3ClF3NO. The highest BCUT2D eigenvalue weighted by atomic mass is 35.5. The Balaban J connectivity index is 3.17. The van der Waals surface area contributed by atoms with Gasteiger partial charge >= 0.3 is 6.61 Å². The molecule has 0 amide bonds. The number of halogens is 4. The molecule has 0 aliphatic rings. The Morgan fingerprint density at radius 1 is 1.43 bits per heavy atom. The van der Waals surface area contributed by atoms with Crippen LogP contribution in [0.25, 0.3) is 0 Å². The second kappa shape index (κ2) is 4.20. The number of rotatable bonds is 2. The molecule has 0 saturated heterocycles. The smallest absolute Gasteiger partial charge is 0.387 e. The van der Waals surface area contributed by atoms with Crippen molar-refractivity contribution in [1.82, 2.24) is 0 Å². The zero-order valence-electron chi connectivity index (χ0n) is 6.60. The molecule has 0 bridgehead atoms. The zero-order valence-corrected chi connectivity index (χ0v) is 7.36. The highest BCUT2D eigenvalue weighted by Crippen LogP contribution is 2.30. The van der Waals surface area contributed by atoms with E-state index in [2.05, 4.69) is 4.74 Å². The standard InChI is InChI=1S/C8H3ClF3NO/c9-7-4(3-13)1-5(10)2-6(7)14-8(11)12/h1-2,8H. The van der Waals surface area contributed by atoms with Gasteiger partial charge in [-0.15, -0.1) is 0 Å². The van der Waals surface area contributed by atoms with E-state index in [0.29, 0.717) is 6.07 Å². The summed E-state index contributed by atoms with van der Waals surface area (Å²) in [5, 5.41) is 8.13. The first-order valence-corrected chi connectivity index (χ1v) is 3.76. The SMILES string of the molecule is N#Cc1cc(F)cc(OC(F)F)c1Cl. The summed E-state index contributed by atoms with van der Waals surface area (Å²) in [4.78, 5) is 0. The fourth-order valence-electron chi connectivity index (χ4n) is 0.827. The quantitative estimate of drug-likeness (QED) is 0.769. The number of nitriles is 1. The van der Waals surface area contributed by atoms with Gasteiger partial charge in [-0.25, -0.2) is 4.39 Å². The topological polar surface area (TPSA) is 33.0 Å². The molecule has 6 heteroatoms. The van der Waals surface area contributed by atoms with Gasteiger partial charge < -0.3 is 4.74 Å². The minimum atomic E-state index is -3.11. The molecule has 0 radical (unpaired) electrons. The van der Waals surface area contributed by atoms with Gasteiger partial charge in [-0.1, -0.05) is 11.6 Å². The summed E-state index contributed by atoms with van der Waals surface area (Å²) in [5.74, 6) is -1.40. The van der Waals surface area contributed by atoms with E-state index >= 15 is 0 Å². The second-order valence-electron chi connectivity index (χ2n) is 2.26. The van der Waals surface area contributed by atoms with Gasteiger partial charge in [0.2, 0.25) is 0 Å². The van der Waals surface area contributed by atoms with E-state index in [-0.39, 0.29) is 10.6 Å². The van der Waals surface area contributed by atoms with Crippen molar-refractivity contribution in [3.63, 3.8) is 0 Å². The van der Waals surface area contributed by atoms with Crippen molar-refractivity contribution in [3.05, 3.63) is 28.5 Å². The Bertz CT molecular complexity index is 389. The fraction of sp³-hybridized carbons (Fsp3) is 0.125. The molecule has 1 aromatic rings. The van der Waals surface area contributed by atoms with Crippen molar-refractivity contribution in [2.45, 2.75) is 6.61 Å². The molecule has 2 nitrogen and oxygen atoms in total. The number of hydrogen-bond acceptors (Lipinski definition) is 2. The predicted molar refractivity (Wildman–Crippen MR) is 42.8 cm³/mol. The van der Waals surface area contributed by atoms with Crippen molar-refractivity contribution < 1.29 is 17.9 Å². The van der Waals surface area contributed by atoms with Crippen LogP contribution in [0.1, 0.15) is 5.56 Å². The Kier molecular flexibility index (Phi) is 3.20. The summed E-state index contributed by atoms with van der Waals surface area (Å²) in [5.41, 5.74) is -0.248. The van der Waals surface area contributed by atoms with E-state index in [1.54, 1.807) is 6.07 Å². The first-order chi connectivity index (χ1) is 6.54. The van der Waals surface area contributed by atoms with Crippen LogP contribution in [0, 0.1) is 17.1 Å². The molecule has 0 spiro atoms. The van der Waals surface area contributed by atoms with Crippen LogP contribution in [0.5, 0.6) is 5.75 Å². The lowest BCUT2D eigenvalue weighted by atomic mass is 10.2. The highest BCUT2D eigenvalue weighted by molar-refractivity contribution is 6.33. The molecule has 0 atom stereocenters. The second-order valence-corrected chi connectivity index (χ2v) is 2.63. The Morgan fingerprint density at radius 3 is 2.57 bits per heavy atom. The molecule has 14 heavy (non-hydrogen) atoms. The third-order valence-electron chi connectivity index (χ3n) is 1.34. The van der Waals surface area contributed by atoms with Crippen molar-refractivity contribution in [3.8, 4) is 11.8 Å². The van der Waals surface area contributed by atoms with Crippen LogP contribution in [0.3, 0.4) is 0 Å². The number of nitrogens with zero attached hydrogens (tertiary/aromatic N) is 1. The van der Waals surface area contributed by atoms with E-state index in [0.717, 1.165) is 6.07 Å². The molecule has 0 aliphatic heterocycles. The van der Waals surface area contributed by atoms with Crippen LogP contribution in [-0.2, 0) is 0 Å². The van der Waals surface area contributed by atoms with Gasteiger partial charge in [0.15, 0.2) is 0 Å². The lowest BCUT2D eigenvalue weighted by Gasteiger charge is -2.07. The van der Waals surface area contributed by atoms with Crippen LogP contribution < -0.4 is 4.74 Å². The van der Waals surface area contributed by atoms with Crippen molar-refractivity contribution in [1.29, 1.82) is 5.26 Å². The van der Waals surface area contributed by atoms with E-state index in [9.17, 15) is 13.2 Å². The monoisotopic (exact) mass is 221 g/mol. The first kappa shape index (κ1) is 10.7. The highest BCUT2D eigenvalue weighted by Gasteiger charge is 2.13.